The molecule has 168 valence electrons. The lowest BCUT2D eigenvalue weighted by Gasteiger charge is -2.68. The summed E-state index contributed by atoms with van der Waals surface area (Å²) in [5.74, 6) is -0.110. The average molecular weight is 468 g/mol. The number of hydrogen-bond acceptors (Lipinski definition) is 6. The van der Waals surface area contributed by atoms with Crippen LogP contribution in [0.15, 0.2) is 28.9 Å². The average Bonchev–Trinajstić information content (AvgIpc) is 3.26. The highest BCUT2D eigenvalue weighted by molar-refractivity contribution is 6.30. The van der Waals surface area contributed by atoms with Crippen LogP contribution in [0.1, 0.15) is 60.8 Å². The van der Waals surface area contributed by atoms with Gasteiger partial charge in [0, 0.05) is 17.9 Å². The number of nitrogens with one attached hydrogen (secondary N) is 1. The molecule has 4 aliphatic rings. The van der Waals surface area contributed by atoms with Crippen LogP contribution >= 0.6 is 11.6 Å². The number of amides is 1. The summed E-state index contributed by atoms with van der Waals surface area (Å²) in [5, 5.41) is 11.5. The first-order valence-corrected chi connectivity index (χ1v) is 10.6. The van der Waals surface area contributed by atoms with E-state index in [0.29, 0.717) is 42.2 Å². The number of aromatic nitrogens is 4. The van der Waals surface area contributed by atoms with Crippen molar-refractivity contribution in [2.75, 3.05) is 0 Å². The van der Waals surface area contributed by atoms with Gasteiger partial charge in [0.25, 0.3) is 5.91 Å². The van der Waals surface area contributed by atoms with E-state index in [1.165, 1.54) is 0 Å². The minimum absolute atomic E-state index is 0.123. The van der Waals surface area contributed by atoms with Gasteiger partial charge in [-0.05, 0) is 50.7 Å². The van der Waals surface area contributed by atoms with Crippen LogP contribution in [0.3, 0.4) is 0 Å². The van der Waals surface area contributed by atoms with E-state index in [1.807, 2.05) is 0 Å². The Morgan fingerprint density at radius 1 is 1.16 bits per heavy atom. The number of carbonyl (C=O) groups excluding carboxylic acids is 1. The van der Waals surface area contributed by atoms with Crippen molar-refractivity contribution in [2.45, 2.75) is 61.4 Å². The Morgan fingerprint density at radius 3 is 2.53 bits per heavy atom. The standard InChI is InChI=1S/C20H17ClF3N5O3/c21-11-2-3-13-25-12(7-29(13)6-11)14(30)26-18-8-17(9-18,10-18)15-27-28-16(31-15)19(4-1-5-19)32-20(22,23)24/h2-3,6-7H,1,4-5,8-10H2,(H,26,30). The first-order chi connectivity index (χ1) is 15.1. The number of hydrogen-bond donors (Lipinski definition) is 1. The predicted molar refractivity (Wildman–Crippen MR) is 103 cm³/mol. The lowest BCUT2D eigenvalue weighted by atomic mass is 9.39. The molecule has 3 heterocycles. The minimum Gasteiger partial charge on any atom is -0.421 e. The van der Waals surface area contributed by atoms with Crippen molar-refractivity contribution in [1.29, 1.82) is 0 Å². The molecule has 4 saturated carbocycles. The molecule has 0 spiro atoms. The van der Waals surface area contributed by atoms with E-state index >= 15 is 0 Å². The SMILES string of the molecule is O=C(NC12CC(c3nnc(C4(OC(F)(F)F)CCC4)o3)(C1)C2)c1cn2cc(Cl)ccc2n1. The number of nitrogens with zero attached hydrogens (tertiary/aromatic N) is 4. The summed E-state index contributed by atoms with van der Waals surface area (Å²) < 4.78 is 50.1. The molecule has 0 atom stereocenters. The summed E-state index contributed by atoms with van der Waals surface area (Å²) in [5.41, 5.74) is -1.49. The number of halogens is 4. The van der Waals surface area contributed by atoms with Gasteiger partial charge >= 0.3 is 6.36 Å². The molecule has 0 unspecified atom stereocenters. The molecule has 3 aromatic rings. The molecular formula is C20H17ClF3N5O3. The maximum atomic E-state index is 12.8. The Balaban J connectivity index is 1.14. The van der Waals surface area contributed by atoms with Gasteiger partial charge in [-0.15, -0.1) is 23.4 Å². The van der Waals surface area contributed by atoms with Gasteiger partial charge < -0.3 is 14.1 Å². The highest BCUT2D eigenvalue weighted by Crippen LogP contribution is 2.67. The van der Waals surface area contributed by atoms with Gasteiger partial charge in [0.05, 0.1) is 10.4 Å². The van der Waals surface area contributed by atoms with E-state index in [-0.39, 0.29) is 30.3 Å². The molecule has 4 aliphatic carbocycles. The fraction of sp³-hybridized carbons (Fsp3) is 0.500. The monoisotopic (exact) mass is 467 g/mol. The van der Waals surface area contributed by atoms with Gasteiger partial charge in [0.1, 0.15) is 11.3 Å². The second-order valence-corrected chi connectivity index (χ2v) is 9.53. The number of imidazole rings is 1. The van der Waals surface area contributed by atoms with Gasteiger partial charge in [-0.1, -0.05) is 11.6 Å². The zero-order valence-electron chi connectivity index (χ0n) is 16.6. The first kappa shape index (κ1) is 20.0. The van der Waals surface area contributed by atoms with Gasteiger partial charge in [0.2, 0.25) is 11.8 Å². The van der Waals surface area contributed by atoms with Crippen LogP contribution in [-0.2, 0) is 15.8 Å². The zero-order chi connectivity index (χ0) is 22.4. The van der Waals surface area contributed by atoms with Gasteiger partial charge in [-0.3, -0.25) is 9.53 Å². The summed E-state index contributed by atoms with van der Waals surface area (Å²) in [6.45, 7) is 0. The topological polar surface area (TPSA) is 94.5 Å². The maximum Gasteiger partial charge on any atom is 0.523 e. The summed E-state index contributed by atoms with van der Waals surface area (Å²) in [6, 6.07) is 3.42. The molecule has 1 N–H and O–H groups in total. The fourth-order valence-corrected chi connectivity index (χ4v) is 5.40. The number of pyridine rings is 1. The second kappa shape index (κ2) is 6.22. The molecule has 0 aromatic carbocycles. The van der Waals surface area contributed by atoms with Crippen molar-refractivity contribution >= 4 is 23.2 Å². The predicted octanol–water partition coefficient (Wildman–Crippen LogP) is 3.89. The summed E-state index contributed by atoms with van der Waals surface area (Å²) in [6.07, 6.45) is 1.23. The smallest absolute Gasteiger partial charge is 0.421 e. The largest absolute Gasteiger partial charge is 0.523 e. The number of alkyl halides is 3. The Morgan fingerprint density at radius 2 is 1.88 bits per heavy atom. The van der Waals surface area contributed by atoms with Crippen LogP contribution < -0.4 is 5.32 Å². The molecular weight excluding hydrogens is 451 g/mol. The van der Waals surface area contributed by atoms with E-state index in [0.717, 1.165) is 0 Å². The fourth-order valence-electron chi connectivity index (χ4n) is 5.23. The highest BCUT2D eigenvalue weighted by Gasteiger charge is 2.72. The molecule has 12 heteroatoms. The Kier molecular flexibility index (Phi) is 3.89. The number of ether oxygens (including phenoxy) is 1. The van der Waals surface area contributed by atoms with Crippen molar-refractivity contribution in [2.24, 2.45) is 0 Å². The van der Waals surface area contributed by atoms with Crippen LogP contribution in [0.2, 0.25) is 5.02 Å². The van der Waals surface area contributed by atoms with Crippen molar-refractivity contribution in [3.63, 3.8) is 0 Å². The molecule has 7 rings (SSSR count). The van der Waals surface area contributed by atoms with Crippen molar-refractivity contribution in [3.05, 3.63) is 47.0 Å². The van der Waals surface area contributed by atoms with E-state index in [9.17, 15) is 18.0 Å². The van der Waals surface area contributed by atoms with Crippen LogP contribution in [0.25, 0.3) is 5.65 Å². The maximum absolute atomic E-state index is 12.8. The van der Waals surface area contributed by atoms with Crippen LogP contribution in [-0.4, -0.2) is 37.4 Å². The van der Waals surface area contributed by atoms with E-state index in [2.05, 4.69) is 25.2 Å². The quantitative estimate of drug-likeness (QED) is 0.611. The van der Waals surface area contributed by atoms with Gasteiger partial charge in [-0.2, -0.15) is 0 Å². The lowest BCUT2D eigenvalue weighted by Crippen LogP contribution is -2.76. The van der Waals surface area contributed by atoms with Crippen LogP contribution in [0.4, 0.5) is 13.2 Å². The van der Waals surface area contributed by atoms with E-state index < -0.39 is 22.9 Å². The minimum atomic E-state index is -4.77. The third kappa shape index (κ3) is 2.94. The molecule has 0 saturated heterocycles. The molecule has 4 fully saturated rings. The third-order valence-electron chi connectivity index (χ3n) is 6.80. The number of carbonyl (C=O) groups is 1. The van der Waals surface area contributed by atoms with Crippen molar-refractivity contribution < 1.29 is 27.1 Å². The molecule has 2 bridgehead atoms. The molecule has 8 nitrogen and oxygen atoms in total. The highest BCUT2D eigenvalue weighted by atomic mass is 35.5. The first-order valence-electron chi connectivity index (χ1n) is 10.2. The summed E-state index contributed by atoms with van der Waals surface area (Å²) in [7, 11) is 0. The van der Waals surface area contributed by atoms with E-state index in [1.54, 1.807) is 28.9 Å². The number of fused-ring (bicyclic) bond motifs is 1. The summed E-state index contributed by atoms with van der Waals surface area (Å²) >= 11 is 5.97. The summed E-state index contributed by atoms with van der Waals surface area (Å²) in [4.78, 5) is 17.0. The molecule has 1 amide bonds. The van der Waals surface area contributed by atoms with Gasteiger partial charge in [-0.25, -0.2) is 4.98 Å². The van der Waals surface area contributed by atoms with Crippen molar-refractivity contribution in [3.8, 4) is 0 Å². The molecule has 0 aliphatic heterocycles. The Labute approximate surface area is 184 Å². The lowest BCUT2D eigenvalue weighted by molar-refractivity contribution is -0.387. The van der Waals surface area contributed by atoms with Crippen LogP contribution in [0, 0.1) is 0 Å². The number of rotatable bonds is 5. The zero-order valence-corrected chi connectivity index (χ0v) is 17.3. The Bertz CT molecular complexity index is 1230. The Hall–Kier alpha value is -2.66. The molecule has 3 aromatic heterocycles. The van der Waals surface area contributed by atoms with Gasteiger partial charge in [0.15, 0.2) is 5.60 Å². The van der Waals surface area contributed by atoms with Crippen molar-refractivity contribution in [1.82, 2.24) is 24.9 Å². The molecule has 0 radical (unpaired) electrons. The molecule has 32 heavy (non-hydrogen) atoms. The van der Waals surface area contributed by atoms with Crippen LogP contribution in [0.5, 0.6) is 0 Å². The second-order valence-electron chi connectivity index (χ2n) is 9.09. The third-order valence-corrected chi connectivity index (χ3v) is 7.02. The normalized spacial score (nSPS) is 28.0. The van der Waals surface area contributed by atoms with E-state index in [4.69, 9.17) is 16.0 Å².